The van der Waals surface area contributed by atoms with Crippen molar-refractivity contribution in [3.8, 4) is 5.75 Å². The molecule has 2 aromatic rings. The zero-order valence-electron chi connectivity index (χ0n) is 10.8. The summed E-state index contributed by atoms with van der Waals surface area (Å²) in [5.41, 5.74) is 2.77. The molecule has 3 rings (SSSR count). The van der Waals surface area contributed by atoms with Gasteiger partial charge >= 0.3 is 0 Å². The molecule has 0 bridgehead atoms. The van der Waals surface area contributed by atoms with E-state index in [1.54, 1.807) is 0 Å². The van der Waals surface area contributed by atoms with Gasteiger partial charge in [-0.15, -0.1) is 0 Å². The lowest BCUT2D eigenvalue weighted by molar-refractivity contribution is 0.320. The minimum absolute atomic E-state index is 0.513. The Morgan fingerprint density at radius 3 is 2.58 bits per heavy atom. The number of hydrogen-bond acceptors (Lipinski definition) is 1. The maximum Gasteiger partial charge on any atom is 0.122 e. The molecule has 19 heavy (non-hydrogen) atoms. The second-order valence-corrected chi connectivity index (χ2v) is 5.69. The third-order valence-corrected chi connectivity index (χ3v) is 4.61. The predicted octanol–water partition coefficient (Wildman–Crippen LogP) is 4.73. The van der Waals surface area contributed by atoms with E-state index in [1.165, 1.54) is 11.1 Å². The fourth-order valence-electron chi connectivity index (χ4n) is 2.78. The van der Waals surface area contributed by atoms with E-state index in [1.807, 2.05) is 6.07 Å². The number of para-hydroxylation sites is 1. The number of ether oxygens (including phenoxy) is 1. The Balaban J connectivity index is 1.78. The highest BCUT2D eigenvalue weighted by molar-refractivity contribution is 9.09. The lowest BCUT2D eigenvalue weighted by Gasteiger charge is -2.18. The van der Waals surface area contributed by atoms with Crippen LogP contribution in [0.25, 0.3) is 0 Å². The third kappa shape index (κ3) is 2.69. The van der Waals surface area contributed by atoms with Gasteiger partial charge in [0.1, 0.15) is 5.75 Å². The van der Waals surface area contributed by atoms with Crippen LogP contribution in [0, 0.1) is 0 Å². The molecule has 0 radical (unpaired) electrons. The Labute approximate surface area is 122 Å². The first-order valence-corrected chi connectivity index (χ1v) is 7.83. The molecular weight excluding hydrogens is 300 g/mol. The normalized spacial score (nSPS) is 18.7. The van der Waals surface area contributed by atoms with Crippen LogP contribution in [-0.4, -0.2) is 11.9 Å². The molecule has 0 aromatic heterocycles. The molecule has 1 aliphatic rings. The van der Waals surface area contributed by atoms with Gasteiger partial charge in [0.15, 0.2) is 0 Å². The molecule has 2 atom stereocenters. The minimum Gasteiger partial charge on any atom is -0.493 e. The van der Waals surface area contributed by atoms with Crippen molar-refractivity contribution in [1.29, 1.82) is 0 Å². The maximum absolute atomic E-state index is 5.78. The molecule has 0 spiro atoms. The summed E-state index contributed by atoms with van der Waals surface area (Å²) in [5.74, 6) is 2.12. The second-order valence-electron chi connectivity index (χ2n) is 5.04. The second kappa shape index (κ2) is 5.79. The number of rotatable bonds is 4. The molecule has 0 saturated heterocycles. The van der Waals surface area contributed by atoms with E-state index in [2.05, 4.69) is 64.5 Å². The Kier molecular flexibility index (Phi) is 3.88. The quantitative estimate of drug-likeness (QED) is 0.741. The van der Waals surface area contributed by atoms with E-state index in [4.69, 9.17) is 4.74 Å². The lowest BCUT2D eigenvalue weighted by Crippen LogP contribution is -2.09. The predicted molar refractivity (Wildman–Crippen MR) is 82.3 cm³/mol. The molecule has 0 amide bonds. The summed E-state index contributed by atoms with van der Waals surface area (Å²) in [6.07, 6.45) is 1.13. The largest absolute Gasteiger partial charge is 0.493 e. The van der Waals surface area contributed by atoms with E-state index < -0.39 is 0 Å². The first-order chi connectivity index (χ1) is 9.38. The lowest BCUT2D eigenvalue weighted by atomic mass is 9.87. The molecule has 0 N–H and O–H groups in total. The smallest absolute Gasteiger partial charge is 0.122 e. The molecule has 0 aliphatic carbocycles. The van der Waals surface area contributed by atoms with Crippen LogP contribution in [0.1, 0.15) is 29.4 Å². The van der Waals surface area contributed by atoms with Gasteiger partial charge in [0.25, 0.3) is 0 Å². The van der Waals surface area contributed by atoms with Crippen LogP contribution in [0.3, 0.4) is 0 Å². The Hall–Kier alpha value is -1.28. The van der Waals surface area contributed by atoms with E-state index in [-0.39, 0.29) is 0 Å². The van der Waals surface area contributed by atoms with Gasteiger partial charge < -0.3 is 4.74 Å². The van der Waals surface area contributed by atoms with Crippen molar-refractivity contribution in [2.24, 2.45) is 0 Å². The zero-order valence-corrected chi connectivity index (χ0v) is 12.3. The first-order valence-electron chi connectivity index (χ1n) is 6.71. The van der Waals surface area contributed by atoms with Crippen molar-refractivity contribution >= 4 is 15.9 Å². The summed E-state index contributed by atoms with van der Waals surface area (Å²) in [5, 5.41) is 0.996. The summed E-state index contributed by atoms with van der Waals surface area (Å²) in [4.78, 5) is 0. The van der Waals surface area contributed by atoms with Gasteiger partial charge in [0, 0.05) is 16.8 Å². The number of alkyl halides is 1. The molecule has 2 unspecified atom stereocenters. The van der Waals surface area contributed by atoms with Crippen LogP contribution in [0.4, 0.5) is 0 Å². The summed E-state index contributed by atoms with van der Waals surface area (Å²) >= 11 is 3.66. The van der Waals surface area contributed by atoms with Gasteiger partial charge in [-0.3, -0.25) is 0 Å². The van der Waals surface area contributed by atoms with Crippen LogP contribution in [-0.2, 0) is 0 Å². The fourth-order valence-corrected chi connectivity index (χ4v) is 3.42. The minimum atomic E-state index is 0.513. The highest BCUT2D eigenvalue weighted by Gasteiger charge is 2.26. The average molecular weight is 317 g/mol. The monoisotopic (exact) mass is 316 g/mol. The number of halogens is 1. The standard InChI is InChI=1S/C17H17BrO/c18-11-14(13-6-2-1-3-7-13)10-15-12-19-17-9-5-4-8-16(15)17/h1-9,14-15H,10-12H2. The van der Waals surface area contributed by atoms with Gasteiger partial charge in [-0.05, 0) is 24.0 Å². The van der Waals surface area contributed by atoms with Crippen molar-refractivity contribution in [3.05, 3.63) is 65.7 Å². The molecule has 2 aromatic carbocycles. The van der Waals surface area contributed by atoms with Crippen LogP contribution in [0.15, 0.2) is 54.6 Å². The molecule has 2 heteroatoms. The highest BCUT2D eigenvalue weighted by atomic mass is 79.9. The van der Waals surface area contributed by atoms with Crippen molar-refractivity contribution in [1.82, 2.24) is 0 Å². The summed E-state index contributed by atoms with van der Waals surface area (Å²) in [6.45, 7) is 0.815. The third-order valence-electron chi connectivity index (χ3n) is 3.83. The maximum atomic E-state index is 5.78. The van der Waals surface area contributed by atoms with Gasteiger partial charge in [0.2, 0.25) is 0 Å². The van der Waals surface area contributed by atoms with Crippen LogP contribution >= 0.6 is 15.9 Å². The summed E-state index contributed by atoms with van der Waals surface area (Å²) in [7, 11) is 0. The summed E-state index contributed by atoms with van der Waals surface area (Å²) in [6, 6.07) is 19.1. The van der Waals surface area contributed by atoms with Crippen molar-refractivity contribution in [2.75, 3.05) is 11.9 Å². The van der Waals surface area contributed by atoms with E-state index in [0.29, 0.717) is 11.8 Å². The van der Waals surface area contributed by atoms with Crippen molar-refractivity contribution < 1.29 is 4.74 Å². The molecule has 0 fully saturated rings. The van der Waals surface area contributed by atoms with Gasteiger partial charge in [-0.1, -0.05) is 64.5 Å². The number of benzene rings is 2. The van der Waals surface area contributed by atoms with Gasteiger partial charge in [0.05, 0.1) is 6.61 Å². The highest BCUT2D eigenvalue weighted by Crippen LogP contribution is 2.39. The fraction of sp³-hybridized carbons (Fsp3) is 0.294. The Morgan fingerprint density at radius 2 is 1.79 bits per heavy atom. The first kappa shape index (κ1) is 12.7. The number of fused-ring (bicyclic) bond motifs is 1. The zero-order chi connectivity index (χ0) is 13.1. The van der Waals surface area contributed by atoms with Gasteiger partial charge in [-0.2, -0.15) is 0 Å². The van der Waals surface area contributed by atoms with Crippen LogP contribution in [0.2, 0.25) is 0 Å². The molecule has 1 aliphatic heterocycles. The molecule has 1 heterocycles. The Bertz CT molecular complexity index is 538. The molecule has 0 saturated carbocycles. The van der Waals surface area contributed by atoms with Gasteiger partial charge in [-0.25, -0.2) is 0 Å². The molecular formula is C17H17BrO. The molecule has 1 nitrogen and oxygen atoms in total. The van der Waals surface area contributed by atoms with Crippen molar-refractivity contribution in [2.45, 2.75) is 18.3 Å². The number of hydrogen-bond donors (Lipinski definition) is 0. The summed E-state index contributed by atoms with van der Waals surface area (Å²) < 4.78 is 5.78. The van der Waals surface area contributed by atoms with E-state index >= 15 is 0 Å². The van der Waals surface area contributed by atoms with Crippen LogP contribution < -0.4 is 4.74 Å². The van der Waals surface area contributed by atoms with Crippen molar-refractivity contribution in [3.63, 3.8) is 0 Å². The van der Waals surface area contributed by atoms with E-state index in [0.717, 1.165) is 24.1 Å². The average Bonchev–Trinajstić information content (AvgIpc) is 2.89. The molecule has 98 valence electrons. The van der Waals surface area contributed by atoms with E-state index in [9.17, 15) is 0 Å². The Morgan fingerprint density at radius 1 is 1.05 bits per heavy atom. The topological polar surface area (TPSA) is 9.23 Å². The SMILES string of the molecule is BrCC(CC1COc2ccccc21)c1ccccc1. The van der Waals surface area contributed by atoms with Crippen LogP contribution in [0.5, 0.6) is 5.75 Å².